The molecule has 29 heavy (non-hydrogen) atoms. The summed E-state index contributed by atoms with van der Waals surface area (Å²) in [4.78, 5) is 16.8. The van der Waals surface area contributed by atoms with Crippen molar-refractivity contribution in [2.24, 2.45) is 0 Å². The van der Waals surface area contributed by atoms with Crippen LogP contribution in [0, 0.1) is 0 Å². The second kappa shape index (κ2) is 8.21. The number of thiocarbonyl (C=S) groups is 1. The van der Waals surface area contributed by atoms with E-state index in [0.29, 0.717) is 21.4 Å². The first-order valence-corrected chi connectivity index (χ1v) is 9.69. The summed E-state index contributed by atoms with van der Waals surface area (Å²) >= 11 is 17.4. The van der Waals surface area contributed by atoms with Gasteiger partial charge in [0.25, 0.3) is 5.91 Å². The number of amides is 1. The lowest BCUT2D eigenvalue weighted by molar-refractivity contribution is 0.0951. The van der Waals surface area contributed by atoms with Crippen molar-refractivity contribution in [2.75, 3.05) is 5.32 Å². The van der Waals surface area contributed by atoms with Crippen molar-refractivity contribution in [3.05, 3.63) is 82.7 Å². The molecule has 0 aliphatic heterocycles. The molecule has 0 bridgehead atoms. The summed E-state index contributed by atoms with van der Waals surface area (Å²) in [5.41, 5.74) is 2.20. The molecule has 0 saturated carbocycles. The van der Waals surface area contributed by atoms with Crippen LogP contribution in [-0.2, 0) is 0 Å². The summed E-state index contributed by atoms with van der Waals surface area (Å²) in [6.45, 7) is 0. The summed E-state index contributed by atoms with van der Waals surface area (Å²) in [7, 11) is 0. The molecule has 2 N–H and O–H groups in total. The topological polar surface area (TPSA) is 67.2 Å². The SMILES string of the molecule is O=C(NC(=S)Nc1cccc2ncccc12)c1ccc(-c2ccc(Cl)cc2Cl)o1. The number of hydrogen-bond donors (Lipinski definition) is 2. The number of aromatic nitrogens is 1. The van der Waals surface area contributed by atoms with Crippen molar-refractivity contribution < 1.29 is 9.21 Å². The molecule has 0 atom stereocenters. The highest BCUT2D eigenvalue weighted by Gasteiger charge is 2.15. The molecule has 144 valence electrons. The maximum atomic E-state index is 12.5. The predicted octanol–water partition coefficient (Wildman–Crippen LogP) is 5.93. The second-order valence-corrected chi connectivity index (χ2v) is 7.32. The van der Waals surface area contributed by atoms with Crippen LogP contribution in [0.4, 0.5) is 5.69 Å². The van der Waals surface area contributed by atoms with Gasteiger partial charge in [-0.05, 0) is 66.8 Å². The molecule has 1 amide bonds. The molecule has 0 fully saturated rings. The summed E-state index contributed by atoms with van der Waals surface area (Å²) in [6, 6.07) is 17.6. The van der Waals surface area contributed by atoms with Gasteiger partial charge in [-0.2, -0.15) is 0 Å². The average Bonchev–Trinajstić information content (AvgIpc) is 3.18. The molecular formula is C21H13Cl2N3O2S. The Bertz CT molecular complexity index is 1230. The third-order valence-corrected chi connectivity index (χ3v) is 4.90. The van der Waals surface area contributed by atoms with Gasteiger partial charge in [-0.1, -0.05) is 29.3 Å². The number of carbonyl (C=O) groups excluding carboxylic acids is 1. The molecule has 4 aromatic rings. The van der Waals surface area contributed by atoms with Crippen LogP contribution in [0.25, 0.3) is 22.2 Å². The van der Waals surface area contributed by atoms with Gasteiger partial charge in [0.05, 0.1) is 10.5 Å². The normalized spacial score (nSPS) is 10.7. The number of furan rings is 1. The van der Waals surface area contributed by atoms with Crippen molar-refractivity contribution in [3.8, 4) is 11.3 Å². The van der Waals surface area contributed by atoms with Crippen molar-refractivity contribution in [3.63, 3.8) is 0 Å². The van der Waals surface area contributed by atoms with Gasteiger partial charge in [-0.25, -0.2) is 0 Å². The Morgan fingerprint density at radius 3 is 2.72 bits per heavy atom. The van der Waals surface area contributed by atoms with Crippen LogP contribution in [0.15, 0.2) is 71.3 Å². The number of benzene rings is 2. The van der Waals surface area contributed by atoms with Crippen LogP contribution >= 0.6 is 35.4 Å². The smallest absolute Gasteiger partial charge is 0.293 e. The molecule has 2 heterocycles. The Hall–Kier alpha value is -2.93. The van der Waals surface area contributed by atoms with E-state index < -0.39 is 5.91 Å². The van der Waals surface area contributed by atoms with Crippen molar-refractivity contribution in [1.29, 1.82) is 0 Å². The van der Waals surface area contributed by atoms with Gasteiger partial charge in [0.15, 0.2) is 10.9 Å². The van der Waals surface area contributed by atoms with E-state index in [2.05, 4.69) is 15.6 Å². The van der Waals surface area contributed by atoms with E-state index in [0.717, 1.165) is 16.6 Å². The van der Waals surface area contributed by atoms with E-state index in [1.807, 2.05) is 30.3 Å². The van der Waals surface area contributed by atoms with E-state index >= 15 is 0 Å². The molecule has 0 spiro atoms. The molecule has 4 rings (SSSR count). The summed E-state index contributed by atoms with van der Waals surface area (Å²) in [6.07, 6.45) is 1.72. The largest absolute Gasteiger partial charge is 0.451 e. The molecule has 2 aromatic carbocycles. The lowest BCUT2D eigenvalue weighted by atomic mass is 10.2. The van der Waals surface area contributed by atoms with Crippen LogP contribution in [0.3, 0.4) is 0 Å². The predicted molar refractivity (Wildman–Crippen MR) is 120 cm³/mol. The Labute approximate surface area is 181 Å². The molecule has 0 radical (unpaired) electrons. The van der Waals surface area contributed by atoms with Gasteiger partial charge in [-0.3, -0.25) is 15.1 Å². The number of hydrogen-bond acceptors (Lipinski definition) is 4. The summed E-state index contributed by atoms with van der Waals surface area (Å²) < 4.78 is 5.64. The fourth-order valence-corrected chi connectivity index (χ4v) is 3.53. The molecule has 8 heteroatoms. The third-order valence-electron chi connectivity index (χ3n) is 4.15. The highest BCUT2D eigenvalue weighted by Crippen LogP contribution is 2.31. The monoisotopic (exact) mass is 441 g/mol. The zero-order chi connectivity index (χ0) is 20.4. The molecule has 0 aliphatic rings. The molecule has 2 aromatic heterocycles. The molecular weight excluding hydrogens is 429 g/mol. The van der Waals surface area contributed by atoms with Gasteiger partial charge in [-0.15, -0.1) is 0 Å². The minimum Gasteiger partial charge on any atom is -0.451 e. The van der Waals surface area contributed by atoms with E-state index in [-0.39, 0.29) is 10.9 Å². The van der Waals surface area contributed by atoms with Crippen molar-refractivity contribution in [1.82, 2.24) is 10.3 Å². The molecule has 5 nitrogen and oxygen atoms in total. The van der Waals surface area contributed by atoms with Crippen LogP contribution in [0.5, 0.6) is 0 Å². The maximum absolute atomic E-state index is 12.5. The zero-order valence-electron chi connectivity index (χ0n) is 14.8. The Morgan fingerprint density at radius 1 is 1.03 bits per heavy atom. The number of nitrogens with zero attached hydrogens (tertiary/aromatic N) is 1. The lowest BCUT2D eigenvalue weighted by Gasteiger charge is -2.10. The van der Waals surface area contributed by atoms with E-state index in [1.54, 1.807) is 36.5 Å². The summed E-state index contributed by atoms with van der Waals surface area (Å²) in [5, 5.41) is 7.62. The number of rotatable bonds is 3. The van der Waals surface area contributed by atoms with Crippen molar-refractivity contribution >= 4 is 63.0 Å². The van der Waals surface area contributed by atoms with Crippen LogP contribution in [0.1, 0.15) is 10.6 Å². The first-order valence-electron chi connectivity index (χ1n) is 8.52. The molecule has 0 aliphatic carbocycles. The van der Waals surface area contributed by atoms with E-state index in [1.165, 1.54) is 0 Å². The maximum Gasteiger partial charge on any atom is 0.293 e. The first-order chi connectivity index (χ1) is 14.0. The Balaban J connectivity index is 1.48. The molecule has 0 unspecified atom stereocenters. The second-order valence-electron chi connectivity index (χ2n) is 6.07. The first kappa shape index (κ1) is 19.4. The van der Waals surface area contributed by atoms with Crippen LogP contribution in [-0.4, -0.2) is 16.0 Å². The van der Waals surface area contributed by atoms with Gasteiger partial charge in [0.2, 0.25) is 0 Å². The number of nitrogens with one attached hydrogen (secondary N) is 2. The Kier molecular flexibility index (Phi) is 5.49. The number of halogens is 2. The third kappa shape index (κ3) is 4.24. The van der Waals surface area contributed by atoms with Crippen LogP contribution in [0.2, 0.25) is 10.0 Å². The van der Waals surface area contributed by atoms with E-state index in [9.17, 15) is 4.79 Å². The highest BCUT2D eigenvalue weighted by atomic mass is 35.5. The number of carbonyl (C=O) groups is 1. The average molecular weight is 442 g/mol. The van der Waals surface area contributed by atoms with Gasteiger partial charge in [0, 0.05) is 27.9 Å². The highest BCUT2D eigenvalue weighted by molar-refractivity contribution is 7.80. The summed E-state index contributed by atoms with van der Waals surface area (Å²) in [5.74, 6) is 0.0859. The minimum absolute atomic E-state index is 0.106. The Morgan fingerprint density at radius 2 is 1.90 bits per heavy atom. The fourth-order valence-electron chi connectivity index (χ4n) is 2.82. The lowest BCUT2D eigenvalue weighted by Crippen LogP contribution is -2.33. The number of pyridine rings is 1. The van der Waals surface area contributed by atoms with Gasteiger partial charge < -0.3 is 9.73 Å². The quantitative estimate of drug-likeness (QED) is 0.385. The van der Waals surface area contributed by atoms with Crippen LogP contribution < -0.4 is 10.6 Å². The van der Waals surface area contributed by atoms with Gasteiger partial charge in [0.1, 0.15) is 5.76 Å². The molecule has 0 saturated heterocycles. The zero-order valence-corrected chi connectivity index (χ0v) is 17.1. The number of fused-ring (bicyclic) bond motifs is 1. The van der Waals surface area contributed by atoms with Crippen molar-refractivity contribution in [2.45, 2.75) is 0 Å². The standard InChI is InChI=1S/C21H13Cl2N3O2S/c22-12-6-7-13(15(23)11-12)18-8-9-19(28-18)20(27)26-21(29)25-17-5-1-4-16-14(17)3-2-10-24-16/h1-11H,(H2,25,26,27,29). The van der Waals surface area contributed by atoms with Gasteiger partial charge >= 0.3 is 0 Å². The number of anilines is 1. The minimum atomic E-state index is -0.475. The fraction of sp³-hybridized carbons (Fsp3) is 0. The van der Waals surface area contributed by atoms with E-state index in [4.69, 9.17) is 39.8 Å².